The molecule has 3 nitrogen and oxygen atoms in total. The lowest BCUT2D eigenvalue weighted by Crippen LogP contribution is -2.40. The zero-order valence-electron chi connectivity index (χ0n) is 20.1. The van der Waals surface area contributed by atoms with Crippen molar-refractivity contribution in [2.24, 2.45) is 0 Å². The van der Waals surface area contributed by atoms with Crippen molar-refractivity contribution in [3.63, 3.8) is 0 Å². The first-order valence-corrected chi connectivity index (χ1v) is 12.5. The molecule has 0 aromatic heterocycles. The first-order chi connectivity index (χ1) is 17.7. The number of fused-ring (bicyclic) bond motifs is 4. The summed E-state index contributed by atoms with van der Waals surface area (Å²) < 4.78 is 0. The first-order valence-electron chi connectivity index (χ1n) is 12.5. The van der Waals surface area contributed by atoms with E-state index in [1.54, 1.807) is 0 Å². The maximum absolute atomic E-state index is 12.9. The maximum Gasteiger partial charge on any atom is 0.237 e. The van der Waals surface area contributed by atoms with Gasteiger partial charge >= 0.3 is 0 Å². The molecule has 1 aliphatic rings. The van der Waals surface area contributed by atoms with Gasteiger partial charge in [0.25, 0.3) is 0 Å². The second-order valence-corrected chi connectivity index (χ2v) is 9.77. The molecule has 0 bridgehead atoms. The number of likely N-dealkylation sites (N-methyl/N-ethyl adjacent to an activating group) is 1. The number of hydrogen-bond acceptors (Lipinski definition) is 2. The third kappa shape index (κ3) is 3.13. The predicted molar refractivity (Wildman–Crippen MR) is 149 cm³/mol. The van der Waals surface area contributed by atoms with Gasteiger partial charge in [0.1, 0.15) is 0 Å². The van der Waals surface area contributed by atoms with Crippen LogP contribution in [0.1, 0.15) is 17.0 Å². The Morgan fingerprint density at radius 3 is 1.33 bits per heavy atom. The van der Waals surface area contributed by atoms with E-state index in [-0.39, 0.29) is 18.0 Å². The maximum atomic E-state index is 12.9. The standard InChI is InChI=1S/C33H26N2O/c1-35-29(36)20-34-33(35)32(30-25-14-6-2-10-21(25)18-22-11-3-7-15-26(22)30)31-27-16-8-4-12-23(27)19-24-13-5-9-17-28(24)31/h2-19,32-34H,20H2,1H3/t33-/m0/s1. The van der Waals surface area contributed by atoms with Crippen LogP contribution in [-0.4, -0.2) is 30.6 Å². The van der Waals surface area contributed by atoms with Crippen LogP contribution in [-0.2, 0) is 4.79 Å². The second-order valence-electron chi connectivity index (χ2n) is 9.77. The zero-order valence-corrected chi connectivity index (χ0v) is 20.1. The molecule has 1 atom stereocenters. The SMILES string of the molecule is CN1C(=O)CN[C@@H]1C(c1c2ccccc2cc2ccccc12)c1c2ccccc2cc2ccccc12. The van der Waals surface area contributed by atoms with Gasteiger partial charge in [0, 0.05) is 13.0 Å². The molecule has 6 aromatic rings. The van der Waals surface area contributed by atoms with Crippen molar-refractivity contribution in [1.29, 1.82) is 0 Å². The molecule has 3 heteroatoms. The lowest BCUT2D eigenvalue weighted by molar-refractivity contribution is -0.126. The lowest BCUT2D eigenvalue weighted by atomic mass is 9.78. The molecule has 1 saturated heterocycles. The van der Waals surface area contributed by atoms with Gasteiger partial charge in [-0.1, -0.05) is 97.1 Å². The van der Waals surface area contributed by atoms with Crippen LogP contribution in [0.15, 0.2) is 109 Å². The fraction of sp³-hybridized carbons (Fsp3) is 0.121. The molecule has 7 rings (SSSR count). The Balaban J connectivity index is 1.69. The smallest absolute Gasteiger partial charge is 0.237 e. The van der Waals surface area contributed by atoms with E-state index in [0.29, 0.717) is 6.54 Å². The summed E-state index contributed by atoms with van der Waals surface area (Å²) in [5.41, 5.74) is 2.54. The Morgan fingerprint density at radius 2 is 1.00 bits per heavy atom. The van der Waals surface area contributed by atoms with Crippen LogP contribution in [0.3, 0.4) is 0 Å². The number of benzene rings is 6. The highest BCUT2D eigenvalue weighted by molar-refractivity contribution is 6.07. The molecule has 0 unspecified atom stereocenters. The fourth-order valence-corrected chi connectivity index (χ4v) is 6.18. The number of rotatable bonds is 3. The Kier molecular flexibility index (Phi) is 4.80. The fourth-order valence-electron chi connectivity index (χ4n) is 6.18. The molecule has 0 radical (unpaired) electrons. The van der Waals surface area contributed by atoms with E-state index in [0.717, 1.165) is 0 Å². The molecule has 1 heterocycles. The van der Waals surface area contributed by atoms with Crippen LogP contribution in [0.2, 0.25) is 0 Å². The highest BCUT2D eigenvalue weighted by Crippen LogP contribution is 2.45. The molecule has 0 spiro atoms. The van der Waals surface area contributed by atoms with Gasteiger partial charge in [-0.3, -0.25) is 10.1 Å². The van der Waals surface area contributed by atoms with E-state index in [2.05, 4.69) is 115 Å². The summed E-state index contributed by atoms with van der Waals surface area (Å²) in [6.07, 6.45) is -0.166. The summed E-state index contributed by atoms with van der Waals surface area (Å²) in [7, 11) is 1.93. The van der Waals surface area contributed by atoms with Crippen molar-refractivity contribution in [2.75, 3.05) is 13.6 Å². The van der Waals surface area contributed by atoms with Crippen molar-refractivity contribution >= 4 is 49.0 Å². The summed E-state index contributed by atoms with van der Waals surface area (Å²) in [6, 6.07) is 39.2. The highest BCUT2D eigenvalue weighted by atomic mass is 16.2. The van der Waals surface area contributed by atoms with Crippen LogP contribution in [0.25, 0.3) is 43.1 Å². The van der Waals surface area contributed by atoms with E-state index < -0.39 is 0 Å². The van der Waals surface area contributed by atoms with Gasteiger partial charge in [-0.15, -0.1) is 0 Å². The molecule has 174 valence electrons. The molecule has 1 fully saturated rings. The van der Waals surface area contributed by atoms with Crippen LogP contribution >= 0.6 is 0 Å². The Labute approximate surface area is 210 Å². The van der Waals surface area contributed by atoms with E-state index in [9.17, 15) is 4.79 Å². The summed E-state index contributed by atoms with van der Waals surface area (Å²) in [5, 5.41) is 13.4. The lowest BCUT2D eigenvalue weighted by Gasteiger charge is -2.33. The normalized spacial score (nSPS) is 16.2. The van der Waals surface area contributed by atoms with Crippen LogP contribution in [0.5, 0.6) is 0 Å². The third-order valence-electron chi connectivity index (χ3n) is 7.84. The molecular weight excluding hydrogens is 440 g/mol. The average molecular weight is 467 g/mol. The number of carbonyl (C=O) groups excluding carboxylic acids is 1. The number of nitrogens with one attached hydrogen (secondary N) is 1. The summed E-state index contributed by atoms with van der Waals surface area (Å²) in [6.45, 7) is 0.350. The Hall–Kier alpha value is -4.21. The van der Waals surface area contributed by atoms with Crippen molar-refractivity contribution in [1.82, 2.24) is 10.2 Å². The molecule has 0 aliphatic carbocycles. The van der Waals surface area contributed by atoms with Crippen molar-refractivity contribution < 1.29 is 4.79 Å². The number of amides is 1. The van der Waals surface area contributed by atoms with Crippen molar-refractivity contribution in [2.45, 2.75) is 12.1 Å². The molecule has 36 heavy (non-hydrogen) atoms. The van der Waals surface area contributed by atoms with Gasteiger partial charge in [-0.2, -0.15) is 0 Å². The number of carbonyl (C=O) groups is 1. The van der Waals surface area contributed by atoms with E-state index >= 15 is 0 Å². The number of nitrogens with zero attached hydrogens (tertiary/aromatic N) is 1. The van der Waals surface area contributed by atoms with Crippen molar-refractivity contribution in [3.8, 4) is 0 Å². The molecule has 1 N–H and O–H groups in total. The monoisotopic (exact) mass is 466 g/mol. The molecular formula is C33H26N2O. The van der Waals surface area contributed by atoms with Gasteiger partial charge in [-0.05, 0) is 66.3 Å². The van der Waals surface area contributed by atoms with Gasteiger partial charge in [-0.25, -0.2) is 0 Å². The summed E-state index contributed by atoms with van der Waals surface area (Å²) in [5.74, 6) is 0.0486. The number of hydrogen-bond donors (Lipinski definition) is 1. The zero-order chi connectivity index (χ0) is 24.2. The highest BCUT2D eigenvalue weighted by Gasteiger charge is 2.38. The van der Waals surface area contributed by atoms with Gasteiger partial charge in [0.05, 0.1) is 12.7 Å². The topological polar surface area (TPSA) is 32.3 Å². The second kappa shape index (κ2) is 8.18. The van der Waals surface area contributed by atoms with Gasteiger partial charge < -0.3 is 4.90 Å². The van der Waals surface area contributed by atoms with Gasteiger partial charge in [0.15, 0.2) is 0 Å². The molecule has 1 aliphatic heterocycles. The Bertz CT molecular complexity index is 1580. The minimum atomic E-state index is -0.166. The minimum Gasteiger partial charge on any atom is -0.328 e. The molecule has 1 amide bonds. The quantitative estimate of drug-likeness (QED) is 0.290. The van der Waals surface area contributed by atoms with E-state index in [1.165, 1.54) is 54.2 Å². The van der Waals surface area contributed by atoms with E-state index in [4.69, 9.17) is 0 Å². The first kappa shape index (κ1) is 21.1. The van der Waals surface area contributed by atoms with E-state index in [1.807, 2.05) is 11.9 Å². The molecule has 6 aromatic carbocycles. The van der Waals surface area contributed by atoms with Crippen LogP contribution in [0, 0.1) is 0 Å². The third-order valence-corrected chi connectivity index (χ3v) is 7.84. The summed E-state index contributed by atoms with van der Waals surface area (Å²) >= 11 is 0. The summed E-state index contributed by atoms with van der Waals surface area (Å²) in [4.78, 5) is 14.8. The van der Waals surface area contributed by atoms with Crippen LogP contribution < -0.4 is 5.32 Å². The Morgan fingerprint density at radius 1 is 0.639 bits per heavy atom. The average Bonchev–Trinajstić information content (AvgIpc) is 3.25. The minimum absolute atomic E-state index is 0.0755. The van der Waals surface area contributed by atoms with Crippen LogP contribution in [0.4, 0.5) is 0 Å². The van der Waals surface area contributed by atoms with Gasteiger partial charge in [0.2, 0.25) is 5.91 Å². The molecule has 0 saturated carbocycles. The van der Waals surface area contributed by atoms with Crippen molar-refractivity contribution in [3.05, 3.63) is 120 Å². The predicted octanol–water partition coefficient (Wildman–Crippen LogP) is 6.82. The largest absolute Gasteiger partial charge is 0.328 e.